The maximum atomic E-state index is 9.50. The molecule has 2 heteroatoms. The Morgan fingerprint density at radius 3 is 2.77 bits per heavy atom. The first-order valence-corrected chi connectivity index (χ1v) is 4.63. The van der Waals surface area contributed by atoms with E-state index in [-0.39, 0.29) is 0 Å². The Morgan fingerprint density at radius 2 is 2.15 bits per heavy atom. The lowest BCUT2D eigenvalue weighted by molar-refractivity contribution is 0.410. The number of aryl methyl sites for hydroxylation is 1. The lowest BCUT2D eigenvalue weighted by Gasteiger charge is -2.06. The molecule has 0 amide bonds. The summed E-state index contributed by atoms with van der Waals surface area (Å²) in [6, 6.07) is 5.35. The Balaban J connectivity index is 2.78. The van der Waals surface area contributed by atoms with E-state index in [0.29, 0.717) is 5.75 Å². The van der Waals surface area contributed by atoms with Crippen LogP contribution in [-0.2, 0) is 6.42 Å². The number of hydrogen-bond acceptors (Lipinski definition) is 2. The molecule has 1 aromatic carbocycles. The zero-order valence-electron chi connectivity index (χ0n) is 8.21. The summed E-state index contributed by atoms with van der Waals surface area (Å²) in [5, 5.41) is 9.50. The zero-order chi connectivity index (χ0) is 9.68. The van der Waals surface area contributed by atoms with E-state index >= 15 is 0 Å². The van der Waals surface area contributed by atoms with Crippen molar-refractivity contribution in [3.8, 4) is 11.5 Å². The third-order valence-corrected chi connectivity index (χ3v) is 2.09. The Kier molecular flexibility index (Phi) is 3.62. The minimum absolute atomic E-state index is 0.370. The highest BCUT2D eigenvalue weighted by Crippen LogP contribution is 2.24. The van der Waals surface area contributed by atoms with Crippen molar-refractivity contribution in [3.63, 3.8) is 0 Å². The molecule has 0 saturated heterocycles. The number of benzene rings is 1. The summed E-state index contributed by atoms with van der Waals surface area (Å²) in [6.45, 7) is 2.14. The van der Waals surface area contributed by atoms with E-state index in [1.54, 1.807) is 19.2 Å². The van der Waals surface area contributed by atoms with E-state index in [4.69, 9.17) is 4.74 Å². The minimum Gasteiger partial charge on any atom is -0.508 e. The van der Waals surface area contributed by atoms with Gasteiger partial charge in [0.1, 0.15) is 11.5 Å². The summed E-state index contributed by atoms with van der Waals surface area (Å²) < 4.78 is 5.08. The zero-order valence-corrected chi connectivity index (χ0v) is 8.21. The number of unbranched alkanes of at least 4 members (excludes halogenated alkanes) is 1. The summed E-state index contributed by atoms with van der Waals surface area (Å²) in [5.41, 5.74) is 0.973. The largest absolute Gasteiger partial charge is 0.508 e. The molecule has 1 rings (SSSR count). The van der Waals surface area contributed by atoms with Gasteiger partial charge in [0.25, 0.3) is 0 Å². The van der Waals surface area contributed by atoms with Gasteiger partial charge in [-0.05, 0) is 36.6 Å². The first-order chi connectivity index (χ1) is 6.27. The molecule has 0 atom stereocenters. The van der Waals surface area contributed by atoms with Gasteiger partial charge in [0.2, 0.25) is 0 Å². The minimum atomic E-state index is 0.370. The van der Waals surface area contributed by atoms with Crippen LogP contribution in [-0.4, -0.2) is 12.2 Å². The first-order valence-electron chi connectivity index (χ1n) is 4.63. The first kappa shape index (κ1) is 9.90. The van der Waals surface area contributed by atoms with Gasteiger partial charge in [-0.3, -0.25) is 0 Å². The second kappa shape index (κ2) is 4.75. The van der Waals surface area contributed by atoms with Crippen molar-refractivity contribution in [1.29, 1.82) is 0 Å². The quantitative estimate of drug-likeness (QED) is 0.772. The molecule has 0 unspecified atom stereocenters. The van der Waals surface area contributed by atoms with Crippen LogP contribution >= 0.6 is 0 Å². The molecular formula is C11H16O2. The molecule has 72 valence electrons. The Bertz CT molecular complexity index is 269. The fourth-order valence-corrected chi connectivity index (χ4v) is 1.26. The van der Waals surface area contributed by atoms with Crippen LogP contribution in [0.5, 0.6) is 11.5 Å². The predicted octanol–water partition coefficient (Wildman–Crippen LogP) is 2.74. The van der Waals surface area contributed by atoms with Gasteiger partial charge in [-0.2, -0.15) is 0 Å². The SMILES string of the molecule is CCCCc1cc(OC)ccc1O. The van der Waals surface area contributed by atoms with E-state index in [0.717, 1.165) is 30.6 Å². The predicted molar refractivity (Wildman–Crippen MR) is 53.3 cm³/mol. The van der Waals surface area contributed by atoms with Crippen LogP contribution in [0, 0.1) is 0 Å². The van der Waals surface area contributed by atoms with Crippen molar-refractivity contribution in [2.24, 2.45) is 0 Å². The van der Waals surface area contributed by atoms with E-state index in [2.05, 4.69) is 6.92 Å². The summed E-state index contributed by atoms with van der Waals surface area (Å²) in [5.74, 6) is 1.18. The molecule has 0 aliphatic carbocycles. The summed E-state index contributed by atoms with van der Waals surface area (Å²) in [7, 11) is 1.63. The summed E-state index contributed by atoms with van der Waals surface area (Å²) in [4.78, 5) is 0. The van der Waals surface area contributed by atoms with E-state index in [1.165, 1.54) is 0 Å². The molecular weight excluding hydrogens is 164 g/mol. The lowest BCUT2D eigenvalue weighted by atomic mass is 10.1. The number of hydrogen-bond donors (Lipinski definition) is 1. The smallest absolute Gasteiger partial charge is 0.119 e. The average Bonchev–Trinajstić information content (AvgIpc) is 2.17. The molecule has 0 aliphatic rings. The monoisotopic (exact) mass is 180 g/mol. The molecule has 0 aliphatic heterocycles. The lowest BCUT2D eigenvalue weighted by Crippen LogP contribution is -1.88. The third-order valence-electron chi connectivity index (χ3n) is 2.09. The van der Waals surface area contributed by atoms with Gasteiger partial charge in [0, 0.05) is 0 Å². The van der Waals surface area contributed by atoms with Gasteiger partial charge in [0.15, 0.2) is 0 Å². The van der Waals surface area contributed by atoms with Gasteiger partial charge in [0.05, 0.1) is 7.11 Å². The van der Waals surface area contributed by atoms with Gasteiger partial charge >= 0.3 is 0 Å². The maximum absolute atomic E-state index is 9.50. The number of rotatable bonds is 4. The highest BCUT2D eigenvalue weighted by molar-refractivity contribution is 5.39. The Labute approximate surface area is 79.2 Å². The highest BCUT2D eigenvalue weighted by atomic mass is 16.5. The maximum Gasteiger partial charge on any atom is 0.119 e. The number of phenolic OH excluding ortho intramolecular Hbond substituents is 1. The van der Waals surface area contributed by atoms with Crippen molar-refractivity contribution < 1.29 is 9.84 Å². The Morgan fingerprint density at radius 1 is 1.38 bits per heavy atom. The molecule has 2 nitrogen and oxygen atoms in total. The average molecular weight is 180 g/mol. The standard InChI is InChI=1S/C11H16O2/c1-3-4-5-9-8-10(13-2)6-7-11(9)12/h6-8,12H,3-5H2,1-2H3. The fourth-order valence-electron chi connectivity index (χ4n) is 1.26. The topological polar surface area (TPSA) is 29.5 Å². The number of aromatic hydroxyl groups is 1. The fraction of sp³-hybridized carbons (Fsp3) is 0.455. The molecule has 0 bridgehead atoms. The second-order valence-electron chi connectivity index (χ2n) is 3.10. The number of ether oxygens (including phenoxy) is 1. The van der Waals surface area contributed by atoms with Crippen molar-refractivity contribution in [3.05, 3.63) is 23.8 Å². The van der Waals surface area contributed by atoms with Crippen LogP contribution < -0.4 is 4.74 Å². The number of methoxy groups -OCH3 is 1. The summed E-state index contributed by atoms with van der Waals surface area (Å²) in [6.07, 6.45) is 3.15. The molecule has 0 aromatic heterocycles. The van der Waals surface area contributed by atoms with Gasteiger partial charge in [-0.25, -0.2) is 0 Å². The molecule has 13 heavy (non-hydrogen) atoms. The van der Waals surface area contributed by atoms with Gasteiger partial charge in [-0.1, -0.05) is 13.3 Å². The van der Waals surface area contributed by atoms with Gasteiger partial charge in [-0.15, -0.1) is 0 Å². The Hall–Kier alpha value is -1.18. The van der Waals surface area contributed by atoms with Crippen LogP contribution in [0.2, 0.25) is 0 Å². The van der Waals surface area contributed by atoms with Crippen molar-refractivity contribution in [1.82, 2.24) is 0 Å². The second-order valence-corrected chi connectivity index (χ2v) is 3.10. The molecule has 1 N–H and O–H groups in total. The van der Waals surface area contributed by atoms with E-state index < -0.39 is 0 Å². The number of phenols is 1. The molecule has 0 fully saturated rings. The van der Waals surface area contributed by atoms with Crippen LogP contribution in [0.4, 0.5) is 0 Å². The summed E-state index contributed by atoms with van der Waals surface area (Å²) >= 11 is 0. The van der Waals surface area contributed by atoms with E-state index in [9.17, 15) is 5.11 Å². The normalized spacial score (nSPS) is 10.0. The molecule has 1 aromatic rings. The molecule has 0 heterocycles. The highest BCUT2D eigenvalue weighted by Gasteiger charge is 2.01. The van der Waals surface area contributed by atoms with Crippen LogP contribution in [0.25, 0.3) is 0 Å². The van der Waals surface area contributed by atoms with Crippen molar-refractivity contribution in [2.75, 3.05) is 7.11 Å². The van der Waals surface area contributed by atoms with E-state index in [1.807, 2.05) is 6.07 Å². The van der Waals surface area contributed by atoms with Crippen LogP contribution in [0.3, 0.4) is 0 Å². The van der Waals surface area contributed by atoms with Crippen molar-refractivity contribution >= 4 is 0 Å². The molecule has 0 saturated carbocycles. The van der Waals surface area contributed by atoms with Gasteiger partial charge < -0.3 is 9.84 Å². The molecule has 0 spiro atoms. The third kappa shape index (κ3) is 2.65. The molecule has 0 radical (unpaired) electrons. The van der Waals surface area contributed by atoms with Crippen LogP contribution in [0.1, 0.15) is 25.3 Å². The van der Waals surface area contributed by atoms with Crippen molar-refractivity contribution in [2.45, 2.75) is 26.2 Å². The van der Waals surface area contributed by atoms with Crippen LogP contribution in [0.15, 0.2) is 18.2 Å².